The van der Waals surface area contributed by atoms with Crippen molar-refractivity contribution in [1.82, 2.24) is 15.2 Å². The molecule has 0 aliphatic carbocycles. The second kappa shape index (κ2) is 7.07. The van der Waals surface area contributed by atoms with Gasteiger partial charge in [0.15, 0.2) is 5.15 Å². The number of carbonyl (C=O) groups is 1. The Hall–Kier alpha value is -2.31. The van der Waals surface area contributed by atoms with E-state index < -0.39 is 6.04 Å². The van der Waals surface area contributed by atoms with Gasteiger partial charge in [0.25, 0.3) is 0 Å². The first kappa shape index (κ1) is 16.5. The molecule has 0 fully saturated rings. The average molecular weight is 364 g/mol. The molecule has 0 saturated heterocycles. The molecule has 1 amide bonds. The fourth-order valence-electron chi connectivity index (χ4n) is 2.33. The van der Waals surface area contributed by atoms with Crippen LogP contribution in [0.1, 0.15) is 13.3 Å². The Kier molecular flexibility index (Phi) is 4.87. The number of fused-ring (bicyclic) bond motifs is 1. The summed E-state index contributed by atoms with van der Waals surface area (Å²) in [5.74, 6) is -0.206. The van der Waals surface area contributed by atoms with E-state index in [1.54, 1.807) is 30.6 Å². The molecule has 1 aromatic carbocycles. The third kappa shape index (κ3) is 3.29. The van der Waals surface area contributed by atoms with E-state index in [1.807, 2.05) is 13.0 Å². The molecule has 124 valence electrons. The first-order chi connectivity index (χ1) is 11.6. The molecular formula is C16H15Cl2N5O. The van der Waals surface area contributed by atoms with Crippen LogP contribution in [0, 0.1) is 0 Å². The monoisotopic (exact) mass is 363 g/mol. The van der Waals surface area contributed by atoms with Gasteiger partial charge in [0.2, 0.25) is 5.91 Å². The largest absolute Gasteiger partial charge is 0.371 e. The van der Waals surface area contributed by atoms with Crippen LogP contribution in [0.2, 0.25) is 10.2 Å². The predicted octanol–water partition coefficient (Wildman–Crippen LogP) is 4.09. The highest BCUT2D eigenvalue weighted by molar-refractivity contribution is 6.38. The number of pyridine rings is 1. The van der Waals surface area contributed by atoms with Gasteiger partial charge in [0.1, 0.15) is 6.04 Å². The molecular weight excluding hydrogens is 349 g/mol. The number of halogens is 2. The van der Waals surface area contributed by atoms with Gasteiger partial charge < -0.3 is 10.6 Å². The van der Waals surface area contributed by atoms with Gasteiger partial charge >= 0.3 is 0 Å². The van der Waals surface area contributed by atoms with Crippen LogP contribution in [0.3, 0.4) is 0 Å². The number of nitrogens with one attached hydrogen (secondary N) is 3. The van der Waals surface area contributed by atoms with Gasteiger partial charge in [-0.25, -0.2) is 4.98 Å². The summed E-state index contributed by atoms with van der Waals surface area (Å²) >= 11 is 12.4. The normalized spacial score (nSPS) is 12.1. The number of hydrogen-bond acceptors (Lipinski definition) is 4. The molecule has 24 heavy (non-hydrogen) atoms. The third-order valence-electron chi connectivity index (χ3n) is 3.63. The quantitative estimate of drug-likeness (QED) is 0.596. The van der Waals surface area contributed by atoms with Crippen molar-refractivity contribution in [2.75, 3.05) is 10.6 Å². The number of aromatic amines is 1. The molecule has 3 N–H and O–H groups in total. The molecule has 3 aromatic rings. The first-order valence-corrected chi connectivity index (χ1v) is 8.15. The molecule has 6 nitrogen and oxygen atoms in total. The summed E-state index contributed by atoms with van der Waals surface area (Å²) in [5, 5.41) is 14.2. The summed E-state index contributed by atoms with van der Waals surface area (Å²) in [6.45, 7) is 1.91. The third-order valence-corrected chi connectivity index (χ3v) is 4.34. The molecule has 1 unspecified atom stereocenters. The van der Waals surface area contributed by atoms with E-state index >= 15 is 0 Å². The summed E-state index contributed by atoms with van der Waals surface area (Å²) < 4.78 is 0. The minimum Gasteiger partial charge on any atom is -0.371 e. The van der Waals surface area contributed by atoms with E-state index in [0.29, 0.717) is 28.0 Å². The van der Waals surface area contributed by atoms with E-state index in [0.717, 1.165) is 10.9 Å². The molecule has 1 atom stereocenters. The van der Waals surface area contributed by atoms with Crippen LogP contribution in [0.15, 0.2) is 36.7 Å². The zero-order chi connectivity index (χ0) is 17.1. The molecule has 3 rings (SSSR count). The number of hydrogen-bond donors (Lipinski definition) is 3. The smallest absolute Gasteiger partial charge is 0.246 e. The Balaban J connectivity index is 1.78. The van der Waals surface area contributed by atoms with Gasteiger partial charge in [-0.05, 0) is 30.7 Å². The number of carbonyl (C=O) groups excluding carboxylic acids is 1. The summed E-state index contributed by atoms with van der Waals surface area (Å²) in [7, 11) is 0. The van der Waals surface area contributed by atoms with Crippen molar-refractivity contribution in [2.24, 2.45) is 0 Å². The number of H-pyrrole nitrogens is 1. The van der Waals surface area contributed by atoms with E-state index in [-0.39, 0.29) is 5.91 Å². The van der Waals surface area contributed by atoms with Gasteiger partial charge in [0, 0.05) is 11.6 Å². The van der Waals surface area contributed by atoms with Crippen molar-refractivity contribution in [3.05, 3.63) is 46.8 Å². The van der Waals surface area contributed by atoms with Gasteiger partial charge in [-0.2, -0.15) is 5.10 Å². The number of anilines is 2. The molecule has 0 radical (unpaired) electrons. The van der Waals surface area contributed by atoms with Crippen molar-refractivity contribution in [3.63, 3.8) is 0 Å². The van der Waals surface area contributed by atoms with Crippen LogP contribution in [-0.4, -0.2) is 27.1 Å². The van der Waals surface area contributed by atoms with Crippen LogP contribution in [0.4, 0.5) is 11.4 Å². The van der Waals surface area contributed by atoms with E-state index in [1.165, 1.54) is 0 Å². The van der Waals surface area contributed by atoms with Crippen LogP contribution in [-0.2, 0) is 4.79 Å². The van der Waals surface area contributed by atoms with Crippen molar-refractivity contribution in [3.8, 4) is 0 Å². The zero-order valence-electron chi connectivity index (χ0n) is 12.8. The summed E-state index contributed by atoms with van der Waals surface area (Å²) in [6, 6.07) is 6.61. The Morgan fingerprint density at radius 3 is 2.88 bits per heavy atom. The maximum Gasteiger partial charge on any atom is 0.246 e. The van der Waals surface area contributed by atoms with Crippen molar-refractivity contribution >= 4 is 51.4 Å². The Labute approximate surface area is 148 Å². The van der Waals surface area contributed by atoms with Gasteiger partial charge in [-0.15, -0.1) is 0 Å². The lowest BCUT2D eigenvalue weighted by Crippen LogP contribution is -2.34. The minimum atomic E-state index is -0.470. The maximum absolute atomic E-state index is 12.6. The van der Waals surface area contributed by atoms with Gasteiger partial charge in [0.05, 0.1) is 28.1 Å². The van der Waals surface area contributed by atoms with Crippen LogP contribution >= 0.6 is 23.2 Å². The summed E-state index contributed by atoms with van der Waals surface area (Å²) in [6.07, 6.45) is 3.79. The Bertz CT molecular complexity index is 880. The van der Waals surface area contributed by atoms with Crippen LogP contribution < -0.4 is 10.6 Å². The van der Waals surface area contributed by atoms with Crippen molar-refractivity contribution < 1.29 is 4.79 Å². The fraction of sp³-hybridized carbons (Fsp3) is 0.188. The number of nitrogens with zero attached hydrogens (tertiary/aromatic N) is 2. The fourth-order valence-corrected chi connectivity index (χ4v) is 2.77. The zero-order valence-corrected chi connectivity index (χ0v) is 14.3. The molecule has 0 spiro atoms. The second-order valence-corrected chi connectivity index (χ2v) is 5.93. The summed E-state index contributed by atoms with van der Waals surface area (Å²) in [5.41, 5.74) is 1.95. The highest BCUT2D eigenvalue weighted by atomic mass is 35.5. The maximum atomic E-state index is 12.6. The molecule has 0 saturated carbocycles. The first-order valence-electron chi connectivity index (χ1n) is 7.39. The highest BCUT2D eigenvalue weighted by Crippen LogP contribution is 2.30. The topological polar surface area (TPSA) is 82.7 Å². The summed E-state index contributed by atoms with van der Waals surface area (Å²) in [4.78, 5) is 16.6. The lowest BCUT2D eigenvalue weighted by molar-refractivity contribution is -0.116. The lowest BCUT2D eigenvalue weighted by Gasteiger charge is -2.19. The SMILES string of the molecule is CCC(Nc1cccnc1Cl)C(=O)Nc1ccc2[nH]ncc2c1Cl. The molecule has 2 aromatic heterocycles. The van der Waals surface area contributed by atoms with Crippen molar-refractivity contribution in [1.29, 1.82) is 0 Å². The number of amides is 1. The second-order valence-electron chi connectivity index (χ2n) is 5.19. The highest BCUT2D eigenvalue weighted by Gasteiger charge is 2.19. The number of rotatable bonds is 5. The molecule has 0 bridgehead atoms. The predicted molar refractivity (Wildman–Crippen MR) is 96.7 cm³/mol. The molecule has 0 aliphatic rings. The van der Waals surface area contributed by atoms with Gasteiger partial charge in [-0.3, -0.25) is 9.89 Å². The van der Waals surface area contributed by atoms with E-state index in [4.69, 9.17) is 23.2 Å². The molecule has 0 aliphatic heterocycles. The van der Waals surface area contributed by atoms with Crippen LogP contribution in [0.25, 0.3) is 10.9 Å². The van der Waals surface area contributed by atoms with Crippen molar-refractivity contribution in [2.45, 2.75) is 19.4 Å². The lowest BCUT2D eigenvalue weighted by atomic mass is 10.1. The average Bonchev–Trinajstić information content (AvgIpc) is 3.06. The molecule has 8 heteroatoms. The number of aromatic nitrogens is 3. The minimum absolute atomic E-state index is 0.206. The molecule has 2 heterocycles. The van der Waals surface area contributed by atoms with E-state index in [9.17, 15) is 4.79 Å². The Morgan fingerprint density at radius 2 is 2.12 bits per heavy atom. The van der Waals surface area contributed by atoms with Gasteiger partial charge in [-0.1, -0.05) is 30.1 Å². The standard InChI is InChI=1S/C16H15Cl2N5O/c1-2-10(21-13-4-3-7-19-15(13)18)16(24)22-12-6-5-11-9(14(12)17)8-20-23-11/h3-8,10,21H,2H2,1H3,(H,20,23)(H,22,24). The number of benzene rings is 1. The van der Waals surface area contributed by atoms with Crippen LogP contribution in [0.5, 0.6) is 0 Å². The van der Waals surface area contributed by atoms with E-state index in [2.05, 4.69) is 25.8 Å². The Morgan fingerprint density at radius 1 is 1.29 bits per heavy atom.